The zero-order valence-corrected chi connectivity index (χ0v) is 29.6. The number of rotatable bonds is 7. The highest BCUT2D eigenvalue weighted by atomic mass is 14.9. The quantitative estimate of drug-likeness (QED) is 0.149. The third-order valence-electron chi connectivity index (χ3n) is 10.4. The van der Waals surface area contributed by atoms with Gasteiger partial charge in [-0.15, -0.1) is 0 Å². The molecule has 0 N–H and O–H groups in total. The third kappa shape index (κ3) is 5.46. The highest BCUT2D eigenvalue weighted by Gasteiger charge is 2.42. The van der Waals surface area contributed by atoms with Crippen LogP contribution in [0.15, 0.2) is 97.2 Å². The SMILES string of the molecule is Cc1cc2c(cc1-c1cccc[n+]1C)B(c1c(C(C)C)cccc1C(C)C)c1ccccc1B2c1c(C(C)C)cccc1C(C)C. The molecule has 3 heteroatoms. The Labute approximate surface area is 279 Å². The van der Waals surface area contributed by atoms with Gasteiger partial charge in [-0.1, -0.05) is 161 Å². The Kier molecular flexibility index (Phi) is 8.90. The summed E-state index contributed by atoms with van der Waals surface area (Å²) in [7, 11) is 2.17. The number of aryl methyl sites for hydroxylation is 2. The largest absolute Gasteiger partial charge is 0.240 e. The van der Waals surface area contributed by atoms with Gasteiger partial charge in [0.2, 0.25) is 19.1 Å². The molecule has 0 radical (unpaired) electrons. The fourth-order valence-corrected chi connectivity index (χ4v) is 8.20. The minimum atomic E-state index is 0.153. The zero-order chi connectivity index (χ0) is 32.9. The van der Waals surface area contributed by atoms with Crippen LogP contribution < -0.4 is 37.3 Å². The summed E-state index contributed by atoms with van der Waals surface area (Å²) >= 11 is 0. The number of nitrogens with zero attached hydrogens (tertiary/aromatic N) is 1. The van der Waals surface area contributed by atoms with E-state index in [2.05, 4.69) is 171 Å². The van der Waals surface area contributed by atoms with Crippen molar-refractivity contribution in [3.63, 3.8) is 0 Å². The molecule has 0 aliphatic carbocycles. The van der Waals surface area contributed by atoms with Crippen LogP contribution in [0.4, 0.5) is 0 Å². The van der Waals surface area contributed by atoms with Crippen molar-refractivity contribution in [2.45, 2.75) is 86.0 Å². The molecular weight excluding hydrogens is 552 g/mol. The van der Waals surface area contributed by atoms with Gasteiger partial charge in [-0.2, -0.15) is 0 Å². The van der Waals surface area contributed by atoms with Crippen LogP contribution in [0.25, 0.3) is 11.3 Å². The topological polar surface area (TPSA) is 3.88 Å². The first kappa shape index (κ1) is 32.1. The zero-order valence-electron chi connectivity index (χ0n) is 29.6. The Balaban J connectivity index is 1.79. The van der Waals surface area contributed by atoms with E-state index in [1.165, 1.54) is 71.9 Å². The first-order valence-corrected chi connectivity index (χ1v) is 17.4. The molecule has 0 fully saturated rings. The third-order valence-corrected chi connectivity index (χ3v) is 10.4. The molecular formula is C43H50B2N+. The monoisotopic (exact) mass is 602 g/mol. The van der Waals surface area contributed by atoms with Crippen molar-refractivity contribution in [1.29, 1.82) is 0 Å². The van der Waals surface area contributed by atoms with E-state index in [1.807, 2.05) is 0 Å². The van der Waals surface area contributed by atoms with Gasteiger partial charge < -0.3 is 0 Å². The molecule has 1 aliphatic rings. The summed E-state index contributed by atoms with van der Waals surface area (Å²) in [5.74, 6) is 1.71. The van der Waals surface area contributed by atoms with E-state index < -0.39 is 0 Å². The molecule has 0 saturated heterocycles. The van der Waals surface area contributed by atoms with Gasteiger partial charge >= 0.3 is 0 Å². The lowest BCUT2D eigenvalue weighted by atomic mass is 9.20. The molecule has 4 aromatic carbocycles. The summed E-state index contributed by atoms with van der Waals surface area (Å²) in [6, 6.07) is 35.2. The summed E-state index contributed by atoms with van der Waals surface area (Å²) in [5.41, 5.74) is 18.6. The lowest BCUT2D eigenvalue weighted by molar-refractivity contribution is -0.660. The molecule has 0 amide bonds. The van der Waals surface area contributed by atoms with Crippen LogP contribution in [0.3, 0.4) is 0 Å². The Morgan fingerprint density at radius 3 is 1.30 bits per heavy atom. The maximum atomic E-state index is 2.57. The molecule has 1 aliphatic heterocycles. The van der Waals surface area contributed by atoms with Gasteiger partial charge in [-0.25, -0.2) is 4.57 Å². The second-order valence-electron chi connectivity index (χ2n) is 14.8. The molecule has 0 unspecified atom stereocenters. The minimum Gasteiger partial charge on any atom is -0.201 e. The van der Waals surface area contributed by atoms with Gasteiger partial charge in [0.15, 0.2) is 6.20 Å². The molecule has 2 heterocycles. The van der Waals surface area contributed by atoms with E-state index in [4.69, 9.17) is 0 Å². The fourth-order valence-electron chi connectivity index (χ4n) is 8.20. The highest BCUT2D eigenvalue weighted by molar-refractivity contribution is 7.11. The second-order valence-corrected chi connectivity index (χ2v) is 14.8. The highest BCUT2D eigenvalue weighted by Crippen LogP contribution is 2.25. The van der Waals surface area contributed by atoms with Crippen molar-refractivity contribution < 1.29 is 4.57 Å². The Morgan fingerprint density at radius 2 is 0.891 bits per heavy atom. The standard InChI is InChI=1S/C43H50B2N/c1-27(2)32-17-15-18-33(28(3)4)42(32)44-37-21-11-12-22-38(37)45(43-34(29(5)6)19-16-20-35(43)30(7)8)40-26-36(31(9)25-39(40)44)41-23-13-14-24-46(41)10/h11-30H,1-10H3/q+1. The molecule has 232 valence electrons. The molecule has 5 aromatic rings. The average Bonchev–Trinajstić information content (AvgIpc) is 3.03. The van der Waals surface area contributed by atoms with Gasteiger partial charge in [0.05, 0.1) is 0 Å². The van der Waals surface area contributed by atoms with Gasteiger partial charge in [-0.05, 0) is 64.5 Å². The van der Waals surface area contributed by atoms with Crippen LogP contribution in [0.5, 0.6) is 0 Å². The van der Waals surface area contributed by atoms with Gasteiger partial charge in [-0.3, -0.25) is 0 Å². The van der Waals surface area contributed by atoms with Crippen LogP contribution in [0, 0.1) is 6.92 Å². The van der Waals surface area contributed by atoms with Crippen molar-refractivity contribution >= 4 is 46.2 Å². The number of hydrogen-bond acceptors (Lipinski definition) is 0. The van der Waals surface area contributed by atoms with Crippen LogP contribution in [0.1, 0.15) is 107 Å². The van der Waals surface area contributed by atoms with Crippen LogP contribution in [-0.4, -0.2) is 13.4 Å². The van der Waals surface area contributed by atoms with E-state index >= 15 is 0 Å². The van der Waals surface area contributed by atoms with E-state index in [-0.39, 0.29) is 13.4 Å². The summed E-state index contributed by atoms with van der Waals surface area (Å²) in [5, 5.41) is 0. The summed E-state index contributed by atoms with van der Waals surface area (Å²) in [6.07, 6.45) is 2.17. The van der Waals surface area contributed by atoms with Crippen molar-refractivity contribution in [2.24, 2.45) is 7.05 Å². The van der Waals surface area contributed by atoms with Crippen LogP contribution in [-0.2, 0) is 7.05 Å². The molecule has 6 rings (SSSR count). The van der Waals surface area contributed by atoms with E-state index in [0.29, 0.717) is 23.7 Å². The first-order chi connectivity index (χ1) is 22.0. The Bertz CT molecular complexity index is 1850. The van der Waals surface area contributed by atoms with Crippen molar-refractivity contribution in [2.75, 3.05) is 0 Å². The van der Waals surface area contributed by atoms with E-state index in [1.54, 1.807) is 0 Å². The van der Waals surface area contributed by atoms with Gasteiger partial charge in [0.1, 0.15) is 7.05 Å². The smallest absolute Gasteiger partial charge is 0.201 e. The Hall–Kier alpha value is -3.84. The molecule has 0 saturated carbocycles. The molecule has 0 atom stereocenters. The normalized spacial score (nSPS) is 12.8. The van der Waals surface area contributed by atoms with Crippen molar-refractivity contribution in [3.8, 4) is 11.3 Å². The maximum absolute atomic E-state index is 2.57. The lowest BCUT2D eigenvalue weighted by Crippen LogP contribution is -2.76. The number of aromatic nitrogens is 1. The molecule has 1 aromatic heterocycles. The summed E-state index contributed by atoms with van der Waals surface area (Å²) in [4.78, 5) is 0. The predicted molar refractivity (Wildman–Crippen MR) is 203 cm³/mol. The summed E-state index contributed by atoms with van der Waals surface area (Å²) < 4.78 is 2.27. The molecule has 0 bridgehead atoms. The van der Waals surface area contributed by atoms with Crippen molar-refractivity contribution in [3.05, 3.63) is 125 Å². The number of fused-ring (bicyclic) bond motifs is 2. The fraction of sp³-hybridized carbons (Fsp3) is 0.326. The van der Waals surface area contributed by atoms with Crippen molar-refractivity contribution in [1.82, 2.24) is 0 Å². The first-order valence-electron chi connectivity index (χ1n) is 17.4. The van der Waals surface area contributed by atoms with Crippen LogP contribution >= 0.6 is 0 Å². The molecule has 0 spiro atoms. The van der Waals surface area contributed by atoms with E-state index in [0.717, 1.165) is 0 Å². The number of hydrogen-bond donors (Lipinski definition) is 0. The number of pyridine rings is 1. The molecule has 46 heavy (non-hydrogen) atoms. The number of benzene rings is 4. The molecule has 1 nitrogen and oxygen atoms in total. The van der Waals surface area contributed by atoms with Gasteiger partial charge in [0.25, 0.3) is 0 Å². The lowest BCUT2D eigenvalue weighted by Gasteiger charge is -2.37. The predicted octanol–water partition coefficient (Wildman–Crippen LogP) is 6.33. The van der Waals surface area contributed by atoms with Gasteiger partial charge in [0, 0.05) is 17.7 Å². The second kappa shape index (κ2) is 12.7. The average molecular weight is 603 g/mol. The van der Waals surface area contributed by atoms with E-state index in [9.17, 15) is 0 Å². The summed E-state index contributed by atoms with van der Waals surface area (Å²) in [6.45, 7) is 21.5. The Morgan fingerprint density at radius 1 is 0.478 bits per heavy atom. The maximum Gasteiger partial charge on any atom is 0.240 e. The minimum absolute atomic E-state index is 0.153. The van der Waals surface area contributed by atoms with Crippen LogP contribution in [0.2, 0.25) is 0 Å².